The van der Waals surface area contributed by atoms with Crippen LogP contribution in [0.5, 0.6) is 0 Å². The summed E-state index contributed by atoms with van der Waals surface area (Å²) in [7, 11) is 1.89. The van der Waals surface area contributed by atoms with Gasteiger partial charge in [-0.2, -0.15) is 0 Å². The van der Waals surface area contributed by atoms with Gasteiger partial charge >= 0.3 is 0 Å². The van der Waals surface area contributed by atoms with E-state index < -0.39 is 0 Å². The monoisotopic (exact) mass is 267 g/mol. The summed E-state index contributed by atoms with van der Waals surface area (Å²) in [6.45, 7) is 5.70. The number of carbonyl (C=O) groups is 1. The van der Waals surface area contributed by atoms with Gasteiger partial charge in [0.15, 0.2) is 0 Å². The highest BCUT2D eigenvalue weighted by atomic mass is 32.1. The molecule has 4 nitrogen and oxygen atoms in total. The minimum Gasteiger partial charge on any atom is -0.339 e. The second-order valence-electron chi connectivity index (χ2n) is 4.99. The molecule has 100 valence electrons. The molecule has 2 heterocycles. The van der Waals surface area contributed by atoms with Crippen molar-refractivity contribution in [2.45, 2.75) is 45.2 Å². The van der Waals surface area contributed by atoms with Crippen LogP contribution in [0.15, 0.2) is 5.51 Å². The van der Waals surface area contributed by atoms with Gasteiger partial charge in [-0.3, -0.25) is 4.79 Å². The molecule has 0 bridgehead atoms. The molecule has 0 aliphatic carbocycles. The Morgan fingerprint density at radius 2 is 2.44 bits per heavy atom. The molecule has 0 saturated carbocycles. The lowest BCUT2D eigenvalue weighted by Crippen LogP contribution is -2.53. The van der Waals surface area contributed by atoms with Crippen LogP contribution in [0.25, 0.3) is 0 Å². The normalized spacial score (nSPS) is 23.3. The van der Waals surface area contributed by atoms with Gasteiger partial charge in [-0.15, -0.1) is 11.3 Å². The molecule has 2 rings (SSSR count). The van der Waals surface area contributed by atoms with E-state index in [1.807, 2.05) is 24.4 Å². The number of aromatic nitrogens is 1. The molecular formula is C13H21N3OS. The molecule has 1 fully saturated rings. The average molecular weight is 267 g/mol. The molecule has 1 atom stereocenters. The Morgan fingerprint density at radius 3 is 2.94 bits per heavy atom. The molecule has 1 aliphatic heterocycles. The van der Waals surface area contributed by atoms with E-state index in [1.165, 1.54) is 4.88 Å². The molecule has 1 aliphatic rings. The second kappa shape index (κ2) is 5.36. The lowest BCUT2D eigenvalue weighted by atomic mass is 9.92. The van der Waals surface area contributed by atoms with Gasteiger partial charge in [0.2, 0.25) is 5.91 Å². The summed E-state index contributed by atoms with van der Waals surface area (Å²) in [5, 5.41) is 3.39. The molecule has 0 spiro atoms. The molecule has 1 aromatic rings. The molecular weight excluding hydrogens is 246 g/mol. The van der Waals surface area contributed by atoms with E-state index in [4.69, 9.17) is 0 Å². The summed E-state index contributed by atoms with van der Waals surface area (Å²) >= 11 is 1.62. The molecule has 1 N–H and O–H groups in total. The Balaban J connectivity index is 2.06. The first-order chi connectivity index (χ1) is 8.59. The fraction of sp³-hybridized carbons (Fsp3) is 0.692. The van der Waals surface area contributed by atoms with Crippen molar-refractivity contribution >= 4 is 17.2 Å². The predicted molar refractivity (Wildman–Crippen MR) is 73.6 cm³/mol. The molecule has 1 aromatic heterocycles. The zero-order valence-corrected chi connectivity index (χ0v) is 12.1. The van der Waals surface area contributed by atoms with Crippen molar-refractivity contribution in [3.63, 3.8) is 0 Å². The van der Waals surface area contributed by atoms with Gasteiger partial charge in [-0.1, -0.05) is 6.92 Å². The molecule has 1 unspecified atom stereocenters. The van der Waals surface area contributed by atoms with Gasteiger partial charge in [0.05, 0.1) is 23.3 Å². The lowest BCUT2D eigenvalue weighted by molar-refractivity contribution is -0.137. The van der Waals surface area contributed by atoms with Crippen LogP contribution in [-0.2, 0) is 11.3 Å². The van der Waals surface area contributed by atoms with Crippen LogP contribution in [0.3, 0.4) is 0 Å². The third-order valence-corrected chi connectivity index (χ3v) is 4.75. The highest BCUT2D eigenvalue weighted by Gasteiger charge is 2.40. The van der Waals surface area contributed by atoms with Crippen molar-refractivity contribution < 1.29 is 4.79 Å². The van der Waals surface area contributed by atoms with Gasteiger partial charge in [0, 0.05) is 11.9 Å². The number of likely N-dealkylation sites (N-methyl/N-ethyl adjacent to an activating group) is 1. The maximum Gasteiger partial charge on any atom is 0.242 e. The number of amides is 1. The van der Waals surface area contributed by atoms with Gasteiger partial charge in [-0.25, -0.2) is 4.98 Å². The highest BCUT2D eigenvalue weighted by molar-refractivity contribution is 7.09. The van der Waals surface area contributed by atoms with Crippen molar-refractivity contribution in [3.05, 3.63) is 16.1 Å². The molecule has 5 heteroatoms. The topological polar surface area (TPSA) is 45.2 Å². The number of nitrogens with zero attached hydrogens (tertiary/aromatic N) is 2. The van der Waals surface area contributed by atoms with Crippen LogP contribution in [-0.4, -0.2) is 34.9 Å². The Bertz CT molecular complexity index is 424. The number of carbonyl (C=O) groups excluding carboxylic acids is 1. The summed E-state index contributed by atoms with van der Waals surface area (Å²) in [4.78, 5) is 19.8. The number of hydrogen-bond acceptors (Lipinski definition) is 4. The fourth-order valence-corrected chi connectivity index (χ4v) is 3.40. The number of thiazole rings is 1. The quantitative estimate of drug-likeness (QED) is 0.907. The van der Waals surface area contributed by atoms with E-state index in [2.05, 4.69) is 17.2 Å². The number of rotatable bonds is 4. The van der Waals surface area contributed by atoms with Gasteiger partial charge in [0.25, 0.3) is 0 Å². The van der Waals surface area contributed by atoms with Crippen LogP contribution in [0, 0.1) is 6.92 Å². The Hall–Kier alpha value is -0.940. The zero-order valence-electron chi connectivity index (χ0n) is 11.3. The molecule has 1 saturated heterocycles. The summed E-state index contributed by atoms with van der Waals surface area (Å²) in [6, 6.07) is 0. The summed E-state index contributed by atoms with van der Waals surface area (Å²) in [5.74, 6) is 0.218. The first-order valence-corrected chi connectivity index (χ1v) is 7.36. The maximum atomic E-state index is 12.6. The standard InChI is InChI=1S/C13H21N3OS/c1-4-13(6-5-7-15-13)12(17)16(3)8-11-10(2)14-9-18-11/h9,15H,4-8H2,1-3H3. The average Bonchev–Trinajstić information content (AvgIpc) is 2.99. The van der Waals surface area contributed by atoms with Crippen molar-refractivity contribution in [1.29, 1.82) is 0 Å². The van der Waals surface area contributed by atoms with Crippen LogP contribution in [0.4, 0.5) is 0 Å². The maximum absolute atomic E-state index is 12.6. The molecule has 0 radical (unpaired) electrons. The largest absolute Gasteiger partial charge is 0.339 e. The van der Waals surface area contributed by atoms with E-state index in [-0.39, 0.29) is 11.4 Å². The minimum absolute atomic E-state index is 0.218. The summed E-state index contributed by atoms with van der Waals surface area (Å²) in [5.41, 5.74) is 2.55. The second-order valence-corrected chi connectivity index (χ2v) is 5.93. The number of nitrogens with one attached hydrogen (secondary N) is 1. The first-order valence-electron chi connectivity index (χ1n) is 6.48. The number of aryl methyl sites for hydroxylation is 1. The van der Waals surface area contributed by atoms with Gasteiger partial charge in [0.1, 0.15) is 0 Å². The minimum atomic E-state index is -0.326. The Kier molecular flexibility index (Phi) is 4.02. The van der Waals surface area contributed by atoms with Crippen molar-refractivity contribution in [3.8, 4) is 0 Å². The van der Waals surface area contributed by atoms with E-state index in [9.17, 15) is 4.79 Å². The van der Waals surface area contributed by atoms with Gasteiger partial charge in [-0.05, 0) is 32.7 Å². The fourth-order valence-electron chi connectivity index (χ4n) is 2.57. The summed E-state index contributed by atoms with van der Waals surface area (Å²) < 4.78 is 0. The van der Waals surface area contributed by atoms with Crippen molar-refractivity contribution in [1.82, 2.24) is 15.2 Å². The smallest absolute Gasteiger partial charge is 0.242 e. The Labute approximate surface area is 112 Å². The van der Waals surface area contributed by atoms with Crippen molar-refractivity contribution in [2.75, 3.05) is 13.6 Å². The van der Waals surface area contributed by atoms with Crippen LogP contribution >= 0.6 is 11.3 Å². The lowest BCUT2D eigenvalue weighted by Gasteiger charge is -2.31. The van der Waals surface area contributed by atoms with Crippen molar-refractivity contribution in [2.24, 2.45) is 0 Å². The molecule has 18 heavy (non-hydrogen) atoms. The van der Waals surface area contributed by atoms with E-state index in [0.29, 0.717) is 6.54 Å². The van der Waals surface area contributed by atoms with Crippen LogP contribution in [0.1, 0.15) is 36.8 Å². The number of hydrogen-bond donors (Lipinski definition) is 1. The zero-order chi connectivity index (χ0) is 13.2. The third kappa shape index (κ3) is 2.42. The predicted octanol–water partition coefficient (Wildman–Crippen LogP) is 1.94. The Morgan fingerprint density at radius 1 is 1.67 bits per heavy atom. The van der Waals surface area contributed by atoms with E-state index in [0.717, 1.165) is 31.5 Å². The first kappa shape index (κ1) is 13.5. The van der Waals surface area contributed by atoms with E-state index in [1.54, 1.807) is 11.3 Å². The third-order valence-electron chi connectivity index (χ3n) is 3.83. The van der Waals surface area contributed by atoms with Crippen LogP contribution < -0.4 is 5.32 Å². The van der Waals surface area contributed by atoms with E-state index >= 15 is 0 Å². The highest BCUT2D eigenvalue weighted by Crippen LogP contribution is 2.26. The SMILES string of the molecule is CCC1(C(=O)N(C)Cc2scnc2C)CCCN1. The molecule has 0 aromatic carbocycles. The molecule has 1 amide bonds. The summed E-state index contributed by atoms with van der Waals surface area (Å²) in [6.07, 6.45) is 2.90. The van der Waals surface area contributed by atoms with Crippen LogP contribution in [0.2, 0.25) is 0 Å². The van der Waals surface area contributed by atoms with Gasteiger partial charge < -0.3 is 10.2 Å².